The van der Waals surface area contributed by atoms with Gasteiger partial charge in [-0.25, -0.2) is 13.8 Å². The second-order valence-electron chi connectivity index (χ2n) is 8.10. The molecule has 0 bridgehead atoms. The van der Waals surface area contributed by atoms with Crippen molar-refractivity contribution in [1.29, 1.82) is 0 Å². The van der Waals surface area contributed by atoms with Crippen LogP contribution in [0.2, 0.25) is 0 Å². The van der Waals surface area contributed by atoms with Gasteiger partial charge in [0, 0.05) is 30.1 Å². The molecule has 0 aliphatic carbocycles. The molecule has 0 radical (unpaired) electrons. The maximum absolute atomic E-state index is 15.0. The molecule has 1 aliphatic heterocycles. The first-order chi connectivity index (χ1) is 16.0. The Kier molecular flexibility index (Phi) is 5.56. The number of aromatic nitrogens is 3. The highest BCUT2D eigenvalue weighted by atomic mass is 19.1. The minimum Gasteiger partial charge on any atom is -0.377 e. The van der Waals surface area contributed by atoms with Crippen LogP contribution in [-0.4, -0.2) is 28.2 Å². The monoisotopic (exact) mass is 444 g/mol. The van der Waals surface area contributed by atoms with Gasteiger partial charge in [-0.1, -0.05) is 6.08 Å². The topological polar surface area (TPSA) is 59.9 Å². The van der Waals surface area contributed by atoms with Crippen LogP contribution in [0.5, 0.6) is 0 Å². The molecule has 4 heterocycles. The Hall–Kier alpha value is -3.71. The number of anilines is 2. The van der Waals surface area contributed by atoms with E-state index in [2.05, 4.69) is 20.3 Å². The molecule has 7 heteroatoms. The van der Waals surface area contributed by atoms with Crippen molar-refractivity contribution in [3.8, 4) is 11.4 Å². The van der Waals surface area contributed by atoms with Gasteiger partial charge in [-0.2, -0.15) is 0 Å². The van der Waals surface area contributed by atoms with Crippen molar-refractivity contribution in [2.75, 3.05) is 18.5 Å². The molecular formula is C26H22F2N4O. The minimum atomic E-state index is -0.680. The lowest BCUT2D eigenvalue weighted by Crippen LogP contribution is -2.05. The van der Waals surface area contributed by atoms with Crippen molar-refractivity contribution in [3.63, 3.8) is 0 Å². The van der Waals surface area contributed by atoms with Crippen molar-refractivity contribution in [2.24, 2.45) is 0 Å². The molecule has 5 rings (SSSR count). The van der Waals surface area contributed by atoms with Gasteiger partial charge in [-0.3, -0.25) is 9.97 Å². The zero-order valence-electron chi connectivity index (χ0n) is 18.3. The van der Waals surface area contributed by atoms with E-state index < -0.39 is 11.6 Å². The maximum Gasteiger partial charge on any atom is 0.137 e. The third-order valence-electron chi connectivity index (χ3n) is 5.75. The Bertz CT molecular complexity index is 1400. The molecule has 33 heavy (non-hydrogen) atoms. The molecule has 1 aliphatic rings. The number of hydrogen-bond donors (Lipinski definition) is 1. The van der Waals surface area contributed by atoms with Crippen molar-refractivity contribution in [3.05, 3.63) is 83.3 Å². The van der Waals surface area contributed by atoms with E-state index in [1.54, 1.807) is 18.6 Å². The van der Waals surface area contributed by atoms with Gasteiger partial charge in [-0.15, -0.1) is 0 Å². The molecule has 0 spiro atoms. The summed E-state index contributed by atoms with van der Waals surface area (Å²) in [5.74, 6) is -1.36. The number of benzene rings is 1. The Labute approximate surface area is 190 Å². The number of aryl methyl sites for hydroxylation is 1. The van der Waals surface area contributed by atoms with Gasteiger partial charge < -0.3 is 10.1 Å². The Balaban J connectivity index is 1.67. The highest BCUT2D eigenvalue weighted by Crippen LogP contribution is 2.37. The molecule has 0 atom stereocenters. The molecule has 1 aromatic carbocycles. The van der Waals surface area contributed by atoms with Crippen LogP contribution in [0.15, 0.2) is 55.0 Å². The molecule has 0 saturated carbocycles. The first kappa shape index (κ1) is 21.2. The average molecular weight is 444 g/mol. The smallest absolute Gasteiger partial charge is 0.137 e. The van der Waals surface area contributed by atoms with E-state index in [1.165, 1.54) is 6.07 Å². The third-order valence-corrected chi connectivity index (χ3v) is 5.75. The first-order valence-electron chi connectivity index (χ1n) is 10.7. The van der Waals surface area contributed by atoms with Crippen LogP contribution in [0.25, 0.3) is 27.9 Å². The summed E-state index contributed by atoms with van der Waals surface area (Å²) in [6.45, 7) is 5.06. The number of ether oxygens (including phenoxy) is 1. The minimum absolute atomic E-state index is 0.218. The van der Waals surface area contributed by atoms with Crippen molar-refractivity contribution >= 4 is 27.9 Å². The standard InChI is InChI=1S/C26H22F2N4O/c1-15-3-6-30-23(9-15)25-16(2)26(24-21(28)11-19(27)12-22(24)32-25)31-20-10-18(13-29-14-20)17-4-7-33-8-5-17/h3-4,6,9-14H,5,7-8H2,1-2H3,(H,31,32). The van der Waals surface area contributed by atoms with E-state index in [9.17, 15) is 8.78 Å². The highest BCUT2D eigenvalue weighted by Gasteiger charge is 2.19. The number of nitrogens with one attached hydrogen (secondary N) is 1. The third kappa shape index (κ3) is 4.19. The molecule has 3 aromatic heterocycles. The second kappa shape index (κ2) is 8.67. The van der Waals surface area contributed by atoms with E-state index >= 15 is 0 Å². The Morgan fingerprint density at radius 1 is 1.06 bits per heavy atom. The highest BCUT2D eigenvalue weighted by molar-refractivity contribution is 5.98. The molecular weight excluding hydrogens is 422 g/mol. The fourth-order valence-electron chi connectivity index (χ4n) is 4.09. The van der Waals surface area contributed by atoms with Crippen LogP contribution >= 0.6 is 0 Å². The van der Waals surface area contributed by atoms with Gasteiger partial charge in [0.05, 0.1) is 53.1 Å². The summed E-state index contributed by atoms with van der Waals surface area (Å²) in [4.78, 5) is 13.4. The normalized spacial score (nSPS) is 13.8. The van der Waals surface area contributed by atoms with Crippen molar-refractivity contribution < 1.29 is 13.5 Å². The van der Waals surface area contributed by atoms with Crippen LogP contribution < -0.4 is 5.32 Å². The van der Waals surface area contributed by atoms with Gasteiger partial charge in [0.2, 0.25) is 0 Å². The summed E-state index contributed by atoms with van der Waals surface area (Å²) in [6, 6.07) is 7.88. The summed E-state index contributed by atoms with van der Waals surface area (Å²) in [5, 5.41) is 3.55. The quantitative estimate of drug-likeness (QED) is 0.410. The number of fused-ring (bicyclic) bond motifs is 1. The van der Waals surface area contributed by atoms with Gasteiger partial charge >= 0.3 is 0 Å². The predicted molar refractivity (Wildman–Crippen MR) is 125 cm³/mol. The van der Waals surface area contributed by atoms with Gasteiger partial charge in [0.15, 0.2) is 0 Å². The van der Waals surface area contributed by atoms with Gasteiger partial charge in [-0.05, 0) is 55.2 Å². The largest absolute Gasteiger partial charge is 0.377 e. The number of hydrogen-bond acceptors (Lipinski definition) is 5. The molecule has 0 fully saturated rings. The van der Waals surface area contributed by atoms with Crippen LogP contribution in [0.3, 0.4) is 0 Å². The molecule has 0 amide bonds. The van der Waals surface area contributed by atoms with Crippen LogP contribution in [0, 0.1) is 25.5 Å². The fraction of sp³-hybridized carbons (Fsp3) is 0.192. The zero-order valence-corrected chi connectivity index (χ0v) is 18.3. The summed E-state index contributed by atoms with van der Waals surface area (Å²) in [7, 11) is 0. The fourth-order valence-corrected chi connectivity index (χ4v) is 4.09. The van der Waals surface area contributed by atoms with E-state index in [-0.39, 0.29) is 10.9 Å². The van der Waals surface area contributed by atoms with E-state index in [1.807, 2.05) is 38.1 Å². The molecule has 1 N–H and O–H groups in total. The van der Waals surface area contributed by atoms with Crippen LogP contribution in [0.4, 0.5) is 20.2 Å². The number of pyridine rings is 3. The Morgan fingerprint density at radius 2 is 1.94 bits per heavy atom. The number of nitrogens with zero attached hydrogens (tertiary/aromatic N) is 3. The van der Waals surface area contributed by atoms with Crippen molar-refractivity contribution in [1.82, 2.24) is 15.0 Å². The van der Waals surface area contributed by atoms with E-state index in [4.69, 9.17) is 4.74 Å². The number of rotatable bonds is 4. The van der Waals surface area contributed by atoms with E-state index in [0.717, 1.165) is 29.2 Å². The molecule has 0 unspecified atom stereocenters. The summed E-state index contributed by atoms with van der Waals surface area (Å²) in [5.41, 5.74) is 6.49. The summed E-state index contributed by atoms with van der Waals surface area (Å²) < 4.78 is 34.5. The SMILES string of the molecule is Cc1ccnc(-c2nc3cc(F)cc(F)c3c(Nc3cncc(C4=CCOCC4)c3)c2C)c1. The first-order valence-corrected chi connectivity index (χ1v) is 10.7. The average Bonchev–Trinajstić information content (AvgIpc) is 2.81. The van der Waals surface area contributed by atoms with Crippen LogP contribution in [-0.2, 0) is 4.74 Å². The summed E-state index contributed by atoms with van der Waals surface area (Å²) in [6.07, 6.45) is 8.03. The lowest BCUT2D eigenvalue weighted by molar-refractivity contribution is 0.161. The van der Waals surface area contributed by atoms with E-state index in [0.29, 0.717) is 41.5 Å². The predicted octanol–water partition coefficient (Wildman–Crippen LogP) is 6.13. The van der Waals surface area contributed by atoms with Crippen LogP contribution in [0.1, 0.15) is 23.1 Å². The summed E-state index contributed by atoms with van der Waals surface area (Å²) >= 11 is 0. The zero-order chi connectivity index (χ0) is 22.9. The lowest BCUT2D eigenvalue weighted by Gasteiger charge is -2.18. The maximum atomic E-state index is 15.0. The second-order valence-corrected chi connectivity index (χ2v) is 8.10. The van der Waals surface area contributed by atoms with Gasteiger partial charge in [0.1, 0.15) is 11.6 Å². The molecule has 5 nitrogen and oxygen atoms in total. The lowest BCUT2D eigenvalue weighted by atomic mass is 10.0. The molecule has 4 aromatic rings. The molecule has 0 saturated heterocycles. The molecule has 166 valence electrons. The Morgan fingerprint density at radius 3 is 2.73 bits per heavy atom. The van der Waals surface area contributed by atoms with Gasteiger partial charge in [0.25, 0.3) is 0 Å². The number of halogens is 2. The van der Waals surface area contributed by atoms with Crippen molar-refractivity contribution in [2.45, 2.75) is 20.3 Å².